The molecule has 1 aromatic rings. The highest BCUT2D eigenvalue weighted by atomic mass is 19.1. The maximum atomic E-state index is 14.2. The topological polar surface area (TPSA) is 29.3 Å². The van der Waals surface area contributed by atoms with Crippen LogP contribution in [0.5, 0.6) is 0 Å². The average Bonchev–Trinajstić information content (AvgIpc) is 2.36. The van der Waals surface area contributed by atoms with Crippen LogP contribution in [0.2, 0.25) is 0 Å². The Labute approximate surface area is 109 Å². The van der Waals surface area contributed by atoms with Crippen molar-refractivity contribution in [3.63, 3.8) is 0 Å². The molecule has 0 saturated carbocycles. The van der Waals surface area contributed by atoms with Gasteiger partial charge < -0.3 is 5.73 Å². The maximum absolute atomic E-state index is 14.2. The van der Waals surface area contributed by atoms with Gasteiger partial charge in [-0.2, -0.15) is 0 Å². The molecular formula is C15H23FN2. The quantitative estimate of drug-likeness (QED) is 0.893. The predicted molar refractivity (Wildman–Crippen MR) is 72.6 cm³/mol. The summed E-state index contributed by atoms with van der Waals surface area (Å²) in [5, 5.41) is 0. The molecule has 18 heavy (non-hydrogen) atoms. The van der Waals surface area contributed by atoms with E-state index in [-0.39, 0.29) is 12.4 Å². The Balaban J connectivity index is 2.17. The van der Waals surface area contributed by atoms with Gasteiger partial charge in [0.15, 0.2) is 0 Å². The second-order valence-corrected chi connectivity index (χ2v) is 5.40. The van der Waals surface area contributed by atoms with Crippen LogP contribution in [0.3, 0.4) is 0 Å². The monoisotopic (exact) mass is 250 g/mol. The third-order valence-corrected chi connectivity index (χ3v) is 4.11. The van der Waals surface area contributed by atoms with Crippen LogP contribution < -0.4 is 5.73 Å². The normalized spacial score (nSPS) is 25.3. The van der Waals surface area contributed by atoms with Gasteiger partial charge in [-0.15, -0.1) is 0 Å². The number of nitrogens with two attached hydrogens (primary N) is 1. The van der Waals surface area contributed by atoms with Gasteiger partial charge in [-0.3, -0.25) is 4.90 Å². The lowest BCUT2D eigenvalue weighted by molar-refractivity contribution is 0.0939. The first-order valence-electron chi connectivity index (χ1n) is 6.85. The first-order chi connectivity index (χ1) is 8.63. The van der Waals surface area contributed by atoms with Crippen molar-refractivity contribution in [3.05, 3.63) is 35.1 Å². The van der Waals surface area contributed by atoms with Crippen molar-refractivity contribution >= 4 is 0 Å². The highest BCUT2D eigenvalue weighted by Gasteiger charge is 2.25. The fourth-order valence-corrected chi connectivity index (χ4v) is 2.90. The summed E-state index contributed by atoms with van der Waals surface area (Å²) in [5.41, 5.74) is 6.95. The van der Waals surface area contributed by atoms with E-state index >= 15 is 0 Å². The Hall–Kier alpha value is -0.930. The van der Waals surface area contributed by atoms with Gasteiger partial charge in [-0.1, -0.05) is 24.6 Å². The van der Waals surface area contributed by atoms with Crippen LogP contribution >= 0.6 is 0 Å². The van der Waals surface area contributed by atoms with E-state index in [1.165, 1.54) is 19.3 Å². The molecule has 0 spiro atoms. The minimum absolute atomic E-state index is 0.120. The smallest absolute Gasteiger partial charge is 0.132 e. The molecule has 3 heteroatoms. The summed E-state index contributed by atoms with van der Waals surface area (Å²) < 4.78 is 14.2. The molecule has 1 saturated heterocycles. The maximum Gasteiger partial charge on any atom is 0.132 e. The molecule has 0 radical (unpaired) electrons. The van der Waals surface area contributed by atoms with Crippen LogP contribution in [-0.2, 0) is 13.1 Å². The summed E-state index contributed by atoms with van der Waals surface area (Å²) in [7, 11) is 0. The van der Waals surface area contributed by atoms with E-state index < -0.39 is 0 Å². The highest BCUT2D eigenvalue weighted by Crippen LogP contribution is 2.25. The number of rotatable bonds is 3. The Morgan fingerprint density at radius 1 is 1.22 bits per heavy atom. The molecule has 0 aromatic heterocycles. The van der Waals surface area contributed by atoms with E-state index in [9.17, 15) is 4.39 Å². The van der Waals surface area contributed by atoms with Crippen LogP contribution in [0.4, 0.5) is 4.39 Å². The molecule has 2 rings (SSSR count). The van der Waals surface area contributed by atoms with Gasteiger partial charge in [0.1, 0.15) is 5.82 Å². The summed E-state index contributed by atoms with van der Waals surface area (Å²) in [6.45, 7) is 5.44. The summed E-state index contributed by atoms with van der Waals surface area (Å²) in [4.78, 5) is 2.40. The SMILES string of the molecule is C[C@@H]1CCC[C@H](C)N1Cc1cccc(CN)c1F. The van der Waals surface area contributed by atoms with Crippen molar-refractivity contribution < 1.29 is 4.39 Å². The minimum Gasteiger partial charge on any atom is -0.326 e. The fourth-order valence-electron chi connectivity index (χ4n) is 2.90. The molecule has 0 bridgehead atoms. The first kappa shape index (κ1) is 13.5. The number of hydrogen-bond donors (Lipinski definition) is 1. The van der Waals surface area contributed by atoms with Crippen molar-refractivity contribution in [3.8, 4) is 0 Å². The van der Waals surface area contributed by atoms with E-state index in [0.717, 1.165) is 5.56 Å². The molecule has 1 aliphatic heterocycles. The molecule has 0 amide bonds. The van der Waals surface area contributed by atoms with E-state index in [1.807, 2.05) is 12.1 Å². The van der Waals surface area contributed by atoms with Crippen LogP contribution in [-0.4, -0.2) is 17.0 Å². The van der Waals surface area contributed by atoms with Gasteiger partial charge >= 0.3 is 0 Å². The van der Waals surface area contributed by atoms with Gasteiger partial charge in [0.25, 0.3) is 0 Å². The standard InChI is InChI=1S/C15H23FN2/c1-11-5-3-6-12(2)18(11)10-14-8-4-7-13(9-17)15(14)16/h4,7-8,11-12H,3,5-6,9-10,17H2,1-2H3/t11-,12+. The zero-order valence-electron chi connectivity index (χ0n) is 11.3. The summed E-state index contributed by atoms with van der Waals surface area (Å²) in [5.74, 6) is -0.120. The largest absolute Gasteiger partial charge is 0.326 e. The van der Waals surface area contributed by atoms with E-state index in [1.54, 1.807) is 6.07 Å². The minimum atomic E-state index is -0.120. The molecule has 1 heterocycles. The summed E-state index contributed by atoms with van der Waals surface area (Å²) in [6.07, 6.45) is 3.70. The third-order valence-electron chi connectivity index (χ3n) is 4.11. The van der Waals surface area contributed by atoms with Crippen LogP contribution in [0.1, 0.15) is 44.2 Å². The number of hydrogen-bond acceptors (Lipinski definition) is 2. The summed E-state index contributed by atoms with van der Waals surface area (Å²) >= 11 is 0. The Morgan fingerprint density at radius 3 is 2.44 bits per heavy atom. The van der Waals surface area contributed by atoms with Crippen LogP contribution in [0.25, 0.3) is 0 Å². The first-order valence-corrected chi connectivity index (χ1v) is 6.85. The molecule has 100 valence electrons. The fraction of sp³-hybridized carbons (Fsp3) is 0.600. The lowest BCUT2D eigenvalue weighted by atomic mass is 9.96. The van der Waals surface area contributed by atoms with Crippen molar-refractivity contribution in [1.82, 2.24) is 4.90 Å². The molecule has 1 aromatic carbocycles. The Bertz CT molecular complexity index is 395. The number of nitrogens with zero attached hydrogens (tertiary/aromatic N) is 1. The van der Waals surface area contributed by atoms with Crippen molar-refractivity contribution in [2.24, 2.45) is 5.73 Å². The van der Waals surface area contributed by atoms with Gasteiger partial charge in [-0.05, 0) is 26.7 Å². The second kappa shape index (κ2) is 5.81. The molecule has 0 aliphatic carbocycles. The van der Waals surface area contributed by atoms with Crippen molar-refractivity contribution in [2.75, 3.05) is 0 Å². The van der Waals surface area contributed by atoms with E-state index in [2.05, 4.69) is 18.7 Å². The highest BCUT2D eigenvalue weighted by molar-refractivity contribution is 5.26. The summed E-state index contributed by atoms with van der Waals surface area (Å²) in [6, 6.07) is 6.62. The number of benzene rings is 1. The van der Waals surface area contributed by atoms with Crippen LogP contribution in [0.15, 0.2) is 18.2 Å². The lowest BCUT2D eigenvalue weighted by Crippen LogP contribution is -2.43. The van der Waals surface area contributed by atoms with E-state index in [0.29, 0.717) is 24.2 Å². The Morgan fingerprint density at radius 2 is 1.83 bits per heavy atom. The zero-order valence-corrected chi connectivity index (χ0v) is 11.3. The zero-order chi connectivity index (χ0) is 13.1. The number of halogens is 1. The molecular weight excluding hydrogens is 227 g/mol. The average molecular weight is 250 g/mol. The van der Waals surface area contributed by atoms with E-state index in [4.69, 9.17) is 5.73 Å². The molecule has 2 N–H and O–H groups in total. The molecule has 1 aliphatic rings. The third kappa shape index (κ3) is 2.73. The van der Waals surface area contributed by atoms with Crippen molar-refractivity contribution in [2.45, 2.75) is 58.3 Å². The predicted octanol–water partition coefficient (Wildman–Crippen LogP) is 3.05. The van der Waals surface area contributed by atoms with Gasteiger partial charge in [0.2, 0.25) is 0 Å². The molecule has 2 nitrogen and oxygen atoms in total. The number of piperidine rings is 1. The van der Waals surface area contributed by atoms with Crippen LogP contribution in [0, 0.1) is 5.82 Å². The number of likely N-dealkylation sites (tertiary alicyclic amines) is 1. The lowest BCUT2D eigenvalue weighted by Gasteiger charge is -2.39. The molecule has 0 unspecified atom stereocenters. The molecule has 1 fully saturated rings. The second-order valence-electron chi connectivity index (χ2n) is 5.40. The van der Waals surface area contributed by atoms with Gasteiger partial charge in [0, 0.05) is 36.3 Å². The molecule has 2 atom stereocenters. The Kier molecular flexibility index (Phi) is 4.36. The van der Waals surface area contributed by atoms with Crippen molar-refractivity contribution in [1.29, 1.82) is 0 Å². The van der Waals surface area contributed by atoms with Gasteiger partial charge in [0.05, 0.1) is 0 Å². The van der Waals surface area contributed by atoms with Gasteiger partial charge in [-0.25, -0.2) is 4.39 Å².